The van der Waals surface area contributed by atoms with Gasteiger partial charge in [0.2, 0.25) is 5.91 Å². The molecule has 2 atom stereocenters. The SMILES string of the molecule is Cc1cccc([C@H]2[C@H](C(=O)O)CC(=O)N2C)c1. The molecule has 0 bridgehead atoms. The molecule has 1 aromatic rings. The molecule has 1 saturated heterocycles. The Balaban J connectivity index is 2.40. The van der Waals surface area contributed by atoms with Gasteiger partial charge in [-0.25, -0.2) is 0 Å². The largest absolute Gasteiger partial charge is 0.481 e. The number of likely N-dealkylation sites (tertiary alicyclic amines) is 1. The zero-order valence-electron chi connectivity index (χ0n) is 9.88. The van der Waals surface area contributed by atoms with E-state index in [1.54, 1.807) is 7.05 Å². The molecule has 4 heteroatoms. The predicted octanol–water partition coefficient (Wildman–Crippen LogP) is 1.60. The Kier molecular flexibility index (Phi) is 2.88. The molecule has 0 aliphatic carbocycles. The maximum Gasteiger partial charge on any atom is 0.309 e. The van der Waals surface area contributed by atoms with Crippen LogP contribution in [0.4, 0.5) is 0 Å². The minimum absolute atomic E-state index is 0.0877. The summed E-state index contributed by atoms with van der Waals surface area (Å²) in [5.74, 6) is -1.66. The molecule has 1 N–H and O–H groups in total. The van der Waals surface area contributed by atoms with E-state index in [-0.39, 0.29) is 18.4 Å². The lowest BCUT2D eigenvalue weighted by atomic mass is 9.93. The van der Waals surface area contributed by atoms with Crippen LogP contribution in [-0.2, 0) is 9.59 Å². The van der Waals surface area contributed by atoms with Crippen molar-refractivity contribution in [2.45, 2.75) is 19.4 Å². The summed E-state index contributed by atoms with van der Waals surface area (Å²) < 4.78 is 0. The first-order valence-electron chi connectivity index (χ1n) is 5.55. The van der Waals surface area contributed by atoms with Gasteiger partial charge in [-0.2, -0.15) is 0 Å². The van der Waals surface area contributed by atoms with Gasteiger partial charge >= 0.3 is 5.97 Å². The average molecular weight is 233 g/mol. The molecule has 17 heavy (non-hydrogen) atoms. The van der Waals surface area contributed by atoms with E-state index in [0.29, 0.717) is 0 Å². The van der Waals surface area contributed by atoms with Crippen molar-refractivity contribution < 1.29 is 14.7 Å². The molecular formula is C13H15NO3. The molecule has 1 amide bonds. The third-order valence-corrected chi connectivity index (χ3v) is 3.29. The van der Waals surface area contributed by atoms with Crippen LogP contribution >= 0.6 is 0 Å². The van der Waals surface area contributed by atoms with Crippen molar-refractivity contribution in [1.82, 2.24) is 4.90 Å². The van der Waals surface area contributed by atoms with E-state index in [9.17, 15) is 14.7 Å². The molecule has 1 aliphatic heterocycles. The summed E-state index contributed by atoms with van der Waals surface area (Å²) in [7, 11) is 1.66. The number of hydrogen-bond acceptors (Lipinski definition) is 2. The van der Waals surface area contributed by atoms with Gasteiger partial charge in [0, 0.05) is 13.5 Å². The molecule has 4 nitrogen and oxygen atoms in total. The van der Waals surface area contributed by atoms with Gasteiger partial charge in [-0.1, -0.05) is 29.8 Å². The fourth-order valence-electron chi connectivity index (χ4n) is 2.40. The zero-order valence-corrected chi connectivity index (χ0v) is 9.88. The van der Waals surface area contributed by atoms with E-state index in [1.807, 2.05) is 31.2 Å². The Morgan fingerprint density at radius 1 is 1.47 bits per heavy atom. The van der Waals surface area contributed by atoms with Crippen molar-refractivity contribution in [2.24, 2.45) is 5.92 Å². The molecular weight excluding hydrogens is 218 g/mol. The lowest BCUT2D eigenvalue weighted by Crippen LogP contribution is -2.26. The molecule has 2 rings (SSSR count). The Labute approximate surface area is 99.9 Å². The maximum absolute atomic E-state index is 11.6. The number of carbonyl (C=O) groups is 2. The van der Waals surface area contributed by atoms with Gasteiger partial charge in [-0.15, -0.1) is 0 Å². The number of hydrogen-bond donors (Lipinski definition) is 1. The fraction of sp³-hybridized carbons (Fsp3) is 0.385. The van der Waals surface area contributed by atoms with Crippen molar-refractivity contribution in [3.8, 4) is 0 Å². The standard InChI is InChI=1S/C13H15NO3/c1-8-4-3-5-9(6-8)12-10(13(16)17)7-11(15)14(12)2/h3-6,10,12H,7H2,1-2H3,(H,16,17)/t10-,12+/m1/s1. The van der Waals surface area contributed by atoms with Gasteiger partial charge in [-0.05, 0) is 12.5 Å². The molecule has 0 aromatic heterocycles. The molecule has 0 unspecified atom stereocenters. The van der Waals surface area contributed by atoms with E-state index in [2.05, 4.69) is 0 Å². The summed E-state index contributed by atoms with van der Waals surface area (Å²) >= 11 is 0. The second-order valence-corrected chi connectivity index (χ2v) is 4.51. The summed E-state index contributed by atoms with van der Waals surface area (Å²) in [5, 5.41) is 9.17. The van der Waals surface area contributed by atoms with Gasteiger partial charge in [0.05, 0.1) is 12.0 Å². The van der Waals surface area contributed by atoms with Crippen LogP contribution in [0.2, 0.25) is 0 Å². The van der Waals surface area contributed by atoms with Crippen LogP contribution in [0.1, 0.15) is 23.6 Å². The number of nitrogens with zero attached hydrogens (tertiary/aromatic N) is 1. The molecule has 1 aliphatic rings. The van der Waals surface area contributed by atoms with Crippen molar-refractivity contribution >= 4 is 11.9 Å². The minimum Gasteiger partial charge on any atom is -0.481 e. The number of aliphatic carboxylic acids is 1. The Bertz CT molecular complexity index is 469. The van der Waals surface area contributed by atoms with Gasteiger partial charge in [0.25, 0.3) is 0 Å². The third kappa shape index (κ3) is 2.02. The monoisotopic (exact) mass is 233 g/mol. The zero-order chi connectivity index (χ0) is 12.6. The molecule has 1 heterocycles. The normalized spacial score (nSPS) is 24.1. The highest BCUT2D eigenvalue weighted by Crippen LogP contribution is 2.37. The summed E-state index contributed by atoms with van der Waals surface area (Å²) in [6, 6.07) is 7.31. The van der Waals surface area contributed by atoms with Crippen LogP contribution in [0, 0.1) is 12.8 Å². The van der Waals surface area contributed by atoms with Crippen LogP contribution in [-0.4, -0.2) is 28.9 Å². The summed E-state index contributed by atoms with van der Waals surface area (Å²) in [5.41, 5.74) is 1.96. The first-order valence-corrected chi connectivity index (χ1v) is 5.55. The third-order valence-electron chi connectivity index (χ3n) is 3.29. The summed E-state index contributed by atoms with van der Waals surface area (Å²) in [6.45, 7) is 1.95. The number of rotatable bonds is 2. The van der Waals surface area contributed by atoms with Gasteiger partial charge < -0.3 is 10.0 Å². The predicted molar refractivity (Wildman–Crippen MR) is 62.4 cm³/mol. The highest BCUT2D eigenvalue weighted by atomic mass is 16.4. The number of carboxylic acid groups (broad SMARTS) is 1. The topological polar surface area (TPSA) is 57.6 Å². The van der Waals surface area contributed by atoms with E-state index >= 15 is 0 Å². The van der Waals surface area contributed by atoms with Gasteiger partial charge in [0.1, 0.15) is 0 Å². The van der Waals surface area contributed by atoms with E-state index in [1.165, 1.54) is 4.90 Å². The van der Waals surface area contributed by atoms with Crippen molar-refractivity contribution in [2.75, 3.05) is 7.05 Å². The Morgan fingerprint density at radius 2 is 2.18 bits per heavy atom. The molecule has 0 spiro atoms. The van der Waals surface area contributed by atoms with E-state index < -0.39 is 11.9 Å². The summed E-state index contributed by atoms with van der Waals surface area (Å²) in [6.07, 6.45) is 0.0877. The highest BCUT2D eigenvalue weighted by molar-refractivity contribution is 5.87. The van der Waals surface area contributed by atoms with E-state index in [4.69, 9.17) is 0 Å². The molecule has 90 valence electrons. The average Bonchev–Trinajstić information content (AvgIpc) is 2.56. The van der Waals surface area contributed by atoms with Gasteiger partial charge in [-0.3, -0.25) is 9.59 Å². The van der Waals surface area contributed by atoms with Crippen LogP contribution < -0.4 is 0 Å². The van der Waals surface area contributed by atoms with Crippen LogP contribution in [0.5, 0.6) is 0 Å². The van der Waals surface area contributed by atoms with Crippen LogP contribution in [0.3, 0.4) is 0 Å². The second kappa shape index (κ2) is 4.20. The molecule has 1 aromatic carbocycles. The number of carboxylic acids is 1. The lowest BCUT2D eigenvalue weighted by Gasteiger charge is -2.23. The number of amides is 1. The van der Waals surface area contributed by atoms with E-state index in [0.717, 1.165) is 11.1 Å². The Morgan fingerprint density at radius 3 is 2.76 bits per heavy atom. The fourth-order valence-corrected chi connectivity index (χ4v) is 2.40. The second-order valence-electron chi connectivity index (χ2n) is 4.51. The Hall–Kier alpha value is -1.84. The number of aryl methyl sites for hydroxylation is 1. The molecule has 0 radical (unpaired) electrons. The summed E-state index contributed by atoms with van der Waals surface area (Å²) in [4.78, 5) is 24.3. The van der Waals surface area contributed by atoms with Crippen LogP contribution in [0.25, 0.3) is 0 Å². The first-order chi connectivity index (χ1) is 8.00. The van der Waals surface area contributed by atoms with Crippen LogP contribution in [0.15, 0.2) is 24.3 Å². The highest BCUT2D eigenvalue weighted by Gasteiger charge is 2.42. The minimum atomic E-state index is -0.908. The molecule has 0 saturated carbocycles. The smallest absolute Gasteiger partial charge is 0.309 e. The quantitative estimate of drug-likeness (QED) is 0.844. The first kappa shape index (κ1) is 11.6. The van der Waals surface area contributed by atoms with Crippen molar-refractivity contribution in [3.05, 3.63) is 35.4 Å². The molecule has 1 fully saturated rings. The van der Waals surface area contributed by atoms with Crippen molar-refractivity contribution in [3.63, 3.8) is 0 Å². The van der Waals surface area contributed by atoms with Gasteiger partial charge in [0.15, 0.2) is 0 Å². The van der Waals surface area contributed by atoms with Crippen molar-refractivity contribution in [1.29, 1.82) is 0 Å². The number of carbonyl (C=O) groups excluding carboxylic acids is 1. The number of benzene rings is 1. The lowest BCUT2D eigenvalue weighted by molar-refractivity contribution is -0.142. The maximum atomic E-state index is 11.6.